The number of rotatable bonds is 5. The molecule has 2 heterocycles. The summed E-state index contributed by atoms with van der Waals surface area (Å²) in [5, 5.41) is 2.77. The van der Waals surface area contributed by atoms with Crippen LogP contribution in [0.5, 0.6) is 0 Å². The van der Waals surface area contributed by atoms with Gasteiger partial charge in [-0.15, -0.1) is 0 Å². The lowest BCUT2D eigenvalue weighted by Gasteiger charge is -2.18. The SMILES string of the molecule is CN(Cc1ccccc1)c1ccc(C(=O)NC2CCS(=O)(=O)C2)cn1. The second-order valence-electron chi connectivity index (χ2n) is 6.32. The van der Waals surface area contributed by atoms with Gasteiger partial charge >= 0.3 is 0 Å². The third-order valence-corrected chi connectivity index (χ3v) is 6.00. The van der Waals surface area contributed by atoms with Gasteiger partial charge in [-0.3, -0.25) is 4.79 Å². The van der Waals surface area contributed by atoms with Crippen LogP contribution in [0.4, 0.5) is 5.82 Å². The third kappa shape index (κ3) is 4.57. The summed E-state index contributed by atoms with van der Waals surface area (Å²) in [6, 6.07) is 13.3. The predicted octanol–water partition coefficient (Wildman–Crippen LogP) is 1.63. The maximum absolute atomic E-state index is 12.2. The number of nitrogens with zero attached hydrogens (tertiary/aromatic N) is 2. The van der Waals surface area contributed by atoms with Crippen LogP contribution in [-0.4, -0.2) is 43.9 Å². The molecular weight excluding hydrogens is 338 g/mol. The average molecular weight is 359 g/mol. The van der Waals surface area contributed by atoms with Crippen LogP contribution in [0, 0.1) is 0 Å². The number of amides is 1. The van der Waals surface area contributed by atoms with Gasteiger partial charge in [0.05, 0.1) is 17.1 Å². The van der Waals surface area contributed by atoms with Gasteiger partial charge in [0.15, 0.2) is 9.84 Å². The molecule has 0 bridgehead atoms. The van der Waals surface area contributed by atoms with Crippen LogP contribution in [0.15, 0.2) is 48.7 Å². The van der Waals surface area contributed by atoms with Gasteiger partial charge < -0.3 is 10.2 Å². The summed E-state index contributed by atoms with van der Waals surface area (Å²) in [6.45, 7) is 0.722. The Morgan fingerprint density at radius 2 is 2.00 bits per heavy atom. The first-order valence-electron chi connectivity index (χ1n) is 8.15. The zero-order valence-corrected chi connectivity index (χ0v) is 14.9. The number of hydrogen-bond donors (Lipinski definition) is 1. The van der Waals surface area contributed by atoms with Crippen LogP contribution in [0.25, 0.3) is 0 Å². The van der Waals surface area contributed by atoms with Crippen molar-refractivity contribution in [3.8, 4) is 0 Å². The van der Waals surface area contributed by atoms with Gasteiger partial charge in [0, 0.05) is 25.8 Å². The molecule has 1 atom stereocenters. The highest BCUT2D eigenvalue weighted by molar-refractivity contribution is 7.91. The van der Waals surface area contributed by atoms with Gasteiger partial charge in [0.25, 0.3) is 5.91 Å². The fourth-order valence-corrected chi connectivity index (χ4v) is 4.54. The van der Waals surface area contributed by atoms with Crippen molar-refractivity contribution in [2.24, 2.45) is 0 Å². The monoisotopic (exact) mass is 359 g/mol. The van der Waals surface area contributed by atoms with Gasteiger partial charge in [-0.25, -0.2) is 13.4 Å². The molecule has 1 aliphatic rings. The summed E-state index contributed by atoms with van der Waals surface area (Å²) in [5.41, 5.74) is 1.61. The molecule has 1 unspecified atom stereocenters. The number of carbonyl (C=O) groups is 1. The first-order chi connectivity index (χ1) is 11.9. The number of aromatic nitrogens is 1. The highest BCUT2D eigenvalue weighted by atomic mass is 32.2. The molecule has 0 aliphatic carbocycles. The van der Waals surface area contributed by atoms with Crippen molar-refractivity contribution < 1.29 is 13.2 Å². The van der Waals surface area contributed by atoms with Crippen molar-refractivity contribution in [2.45, 2.75) is 19.0 Å². The van der Waals surface area contributed by atoms with E-state index in [0.717, 1.165) is 12.4 Å². The largest absolute Gasteiger partial charge is 0.355 e. The molecule has 1 N–H and O–H groups in total. The Morgan fingerprint density at radius 1 is 1.24 bits per heavy atom. The summed E-state index contributed by atoms with van der Waals surface area (Å²) in [5.74, 6) is 0.638. The Morgan fingerprint density at radius 3 is 2.60 bits per heavy atom. The highest BCUT2D eigenvalue weighted by Crippen LogP contribution is 2.15. The minimum Gasteiger partial charge on any atom is -0.355 e. The van der Waals surface area contributed by atoms with Gasteiger partial charge in [-0.1, -0.05) is 30.3 Å². The second kappa shape index (κ2) is 7.23. The van der Waals surface area contributed by atoms with Crippen LogP contribution in [0.1, 0.15) is 22.3 Å². The molecule has 1 fully saturated rings. The Labute approximate surface area is 147 Å². The van der Waals surface area contributed by atoms with E-state index in [0.29, 0.717) is 12.0 Å². The summed E-state index contributed by atoms with van der Waals surface area (Å²) in [6.07, 6.45) is 2.00. The van der Waals surface area contributed by atoms with E-state index in [1.165, 1.54) is 11.8 Å². The Bertz CT molecular complexity index is 836. The van der Waals surface area contributed by atoms with E-state index < -0.39 is 9.84 Å². The van der Waals surface area contributed by atoms with Crippen LogP contribution < -0.4 is 10.2 Å². The number of benzene rings is 1. The molecule has 1 saturated heterocycles. The Kier molecular flexibility index (Phi) is 5.03. The molecule has 1 aliphatic heterocycles. The molecule has 1 aromatic carbocycles. The number of carbonyl (C=O) groups excluding carboxylic acids is 1. The third-order valence-electron chi connectivity index (χ3n) is 4.23. The number of hydrogen-bond acceptors (Lipinski definition) is 5. The normalized spacial score (nSPS) is 18.7. The molecule has 7 heteroatoms. The molecule has 1 amide bonds. The number of nitrogens with one attached hydrogen (secondary N) is 1. The minimum atomic E-state index is -3.01. The van der Waals surface area contributed by atoms with Crippen molar-refractivity contribution in [3.05, 3.63) is 59.8 Å². The summed E-state index contributed by atoms with van der Waals surface area (Å²) >= 11 is 0. The summed E-state index contributed by atoms with van der Waals surface area (Å²) < 4.78 is 22.9. The van der Waals surface area contributed by atoms with Crippen LogP contribution in [-0.2, 0) is 16.4 Å². The lowest BCUT2D eigenvalue weighted by molar-refractivity contribution is 0.0941. The predicted molar refractivity (Wildman–Crippen MR) is 97.3 cm³/mol. The zero-order valence-electron chi connectivity index (χ0n) is 14.1. The smallest absolute Gasteiger partial charge is 0.253 e. The lowest BCUT2D eigenvalue weighted by atomic mass is 10.2. The molecule has 6 nitrogen and oxygen atoms in total. The van der Waals surface area contributed by atoms with Crippen LogP contribution >= 0.6 is 0 Å². The van der Waals surface area contributed by atoms with E-state index in [2.05, 4.69) is 10.3 Å². The van der Waals surface area contributed by atoms with Gasteiger partial charge in [0.2, 0.25) is 0 Å². The van der Waals surface area contributed by atoms with E-state index in [1.54, 1.807) is 12.1 Å². The topological polar surface area (TPSA) is 79.4 Å². The number of pyridine rings is 1. The fraction of sp³-hybridized carbons (Fsp3) is 0.333. The fourth-order valence-electron chi connectivity index (χ4n) is 2.86. The van der Waals surface area contributed by atoms with Crippen molar-refractivity contribution in [3.63, 3.8) is 0 Å². The van der Waals surface area contributed by atoms with E-state index >= 15 is 0 Å². The molecular formula is C18H21N3O3S. The standard InChI is InChI=1S/C18H21N3O3S/c1-21(12-14-5-3-2-4-6-14)17-8-7-15(11-19-17)18(22)20-16-9-10-25(23,24)13-16/h2-8,11,16H,9-10,12-13H2,1H3,(H,20,22). The van der Waals surface area contributed by atoms with E-state index in [1.807, 2.05) is 42.3 Å². The first kappa shape index (κ1) is 17.4. The minimum absolute atomic E-state index is 0.0179. The molecule has 3 rings (SSSR count). The molecule has 0 saturated carbocycles. The molecule has 1 aromatic heterocycles. The quantitative estimate of drug-likeness (QED) is 0.878. The molecule has 25 heavy (non-hydrogen) atoms. The Balaban J connectivity index is 1.60. The maximum Gasteiger partial charge on any atom is 0.253 e. The summed E-state index contributed by atoms with van der Waals surface area (Å²) in [7, 11) is -1.07. The molecule has 132 valence electrons. The highest BCUT2D eigenvalue weighted by Gasteiger charge is 2.29. The lowest BCUT2D eigenvalue weighted by Crippen LogP contribution is -2.35. The summed E-state index contributed by atoms with van der Waals surface area (Å²) in [4.78, 5) is 18.6. The van der Waals surface area contributed by atoms with Crippen molar-refractivity contribution >= 4 is 21.6 Å². The van der Waals surface area contributed by atoms with E-state index in [-0.39, 0.29) is 23.5 Å². The van der Waals surface area contributed by atoms with Crippen molar-refractivity contribution in [2.75, 3.05) is 23.5 Å². The van der Waals surface area contributed by atoms with Gasteiger partial charge in [-0.2, -0.15) is 0 Å². The van der Waals surface area contributed by atoms with Gasteiger partial charge in [-0.05, 0) is 24.1 Å². The number of sulfone groups is 1. The van der Waals surface area contributed by atoms with Crippen LogP contribution in [0.3, 0.4) is 0 Å². The van der Waals surface area contributed by atoms with E-state index in [9.17, 15) is 13.2 Å². The van der Waals surface area contributed by atoms with Crippen molar-refractivity contribution in [1.29, 1.82) is 0 Å². The van der Waals surface area contributed by atoms with Gasteiger partial charge in [0.1, 0.15) is 5.82 Å². The first-order valence-corrected chi connectivity index (χ1v) is 9.97. The number of anilines is 1. The second-order valence-corrected chi connectivity index (χ2v) is 8.55. The Hall–Kier alpha value is -2.41. The molecule has 2 aromatic rings. The molecule has 0 spiro atoms. The average Bonchev–Trinajstić information content (AvgIpc) is 2.94. The molecule has 0 radical (unpaired) electrons. The zero-order chi connectivity index (χ0) is 17.9. The maximum atomic E-state index is 12.2. The van der Waals surface area contributed by atoms with Crippen molar-refractivity contribution in [1.82, 2.24) is 10.3 Å². The van der Waals surface area contributed by atoms with Crippen LogP contribution in [0.2, 0.25) is 0 Å². The van der Waals surface area contributed by atoms with E-state index in [4.69, 9.17) is 0 Å².